The van der Waals surface area contributed by atoms with Crippen molar-refractivity contribution in [3.63, 3.8) is 0 Å². The van der Waals surface area contributed by atoms with Crippen LogP contribution in [0.5, 0.6) is 0 Å². The fourth-order valence-electron chi connectivity index (χ4n) is 6.90. The van der Waals surface area contributed by atoms with Gasteiger partial charge in [-0.15, -0.1) is 11.8 Å². The van der Waals surface area contributed by atoms with Crippen molar-refractivity contribution in [2.75, 3.05) is 132 Å². The van der Waals surface area contributed by atoms with Gasteiger partial charge in [0, 0.05) is 7.11 Å². The van der Waals surface area contributed by atoms with E-state index in [2.05, 4.69) is 6.92 Å². The number of hydrogen-bond acceptors (Lipinski definition) is 18. The van der Waals surface area contributed by atoms with Crippen molar-refractivity contribution in [3.8, 4) is 0 Å². The number of carboxylic acids is 2. The van der Waals surface area contributed by atoms with E-state index in [1.165, 1.54) is 70.6 Å². The molecular formula is C52H88O17S3. The van der Waals surface area contributed by atoms with Gasteiger partial charge in [-0.05, 0) is 50.8 Å². The van der Waals surface area contributed by atoms with Crippen molar-refractivity contribution in [1.82, 2.24) is 0 Å². The van der Waals surface area contributed by atoms with E-state index in [-0.39, 0.29) is 52.3 Å². The van der Waals surface area contributed by atoms with Crippen LogP contribution in [-0.2, 0) is 77.9 Å². The molecule has 1 aromatic rings. The number of thioether (sulfide) groups is 2. The zero-order valence-electron chi connectivity index (χ0n) is 43.7. The predicted molar refractivity (Wildman–Crippen MR) is 284 cm³/mol. The molecule has 0 amide bonds. The maximum atomic E-state index is 13.8. The first kappa shape index (κ1) is 67.5. The molecule has 0 aliphatic carbocycles. The minimum absolute atomic E-state index is 0.0463. The molecule has 0 fully saturated rings. The van der Waals surface area contributed by atoms with E-state index in [0.717, 1.165) is 42.3 Å². The van der Waals surface area contributed by atoms with Gasteiger partial charge >= 0.3 is 23.9 Å². The number of hydrogen-bond donors (Lipinski definition) is 2. The Labute approximate surface area is 443 Å². The molecule has 0 saturated carbocycles. The van der Waals surface area contributed by atoms with Gasteiger partial charge in [-0.3, -0.25) is 19.2 Å². The van der Waals surface area contributed by atoms with E-state index >= 15 is 0 Å². The molecule has 20 heteroatoms. The summed E-state index contributed by atoms with van der Waals surface area (Å²) in [6.45, 7) is 12.0. The fourth-order valence-corrected chi connectivity index (χ4v) is 9.55. The number of rotatable bonds is 51. The Hall–Kier alpha value is -2.47. The summed E-state index contributed by atoms with van der Waals surface area (Å²) in [5.74, 6) is -5.10. The van der Waals surface area contributed by atoms with Gasteiger partial charge in [0.05, 0.1) is 130 Å². The second-order valence-corrected chi connectivity index (χ2v) is 21.1. The normalized spacial score (nSPS) is 12.9. The molecule has 3 atom stereocenters. The highest BCUT2D eigenvalue weighted by Gasteiger charge is 2.39. The Morgan fingerprint density at radius 2 is 0.972 bits per heavy atom. The molecule has 0 spiro atoms. The van der Waals surface area contributed by atoms with Gasteiger partial charge in [0.2, 0.25) is 0 Å². The number of unbranched alkanes of at least 4 members (excludes halogenated alkanes) is 9. The molecule has 0 bridgehead atoms. The number of carboxylic acid groups (broad SMARTS) is 2. The van der Waals surface area contributed by atoms with Crippen LogP contribution < -0.4 is 0 Å². The molecule has 0 radical (unpaired) electrons. The third-order valence-corrected chi connectivity index (χ3v) is 13.9. The summed E-state index contributed by atoms with van der Waals surface area (Å²) in [6, 6.07) is 9.04. The average molecular weight is 1080 g/mol. The molecule has 2 N–H and O–H groups in total. The van der Waals surface area contributed by atoms with Crippen molar-refractivity contribution in [2.24, 2.45) is 17.3 Å². The summed E-state index contributed by atoms with van der Waals surface area (Å²) in [5, 5.41) is 19.2. The van der Waals surface area contributed by atoms with Crippen LogP contribution in [0, 0.1) is 17.3 Å². The zero-order valence-corrected chi connectivity index (χ0v) is 46.1. The van der Waals surface area contributed by atoms with Crippen LogP contribution in [0.2, 0.25) is 0 Å². The number of carbonyl (C=O) groups excluding carboxylic acids is 2. The van der Waals surface area contributed by atoms with Crippen LogP contribution in [0.25, 0.3) is 0 Å². The molecule has 0 aromatic heterocycles. The first-order valence-corrected chi connectivity index (χ1v) is 28.0. The summed E-state index contributed by atoms with van der Waals surface area (Å²) in [7, 11) is 1.63. The number of methoxy groups -OCH3 is 1. The largest absolute Gasteiger partial charge is 0.481 e. The Bertz CT molecular complexity index is 1510. The molecule has 0 aliphatic rings. The molecule has 17 nitrogen and oxygen atoms in total. The highest BCUT2D eigenvalue weighted by Crippen LogP contribution is 2.35. The van der Waals surface area contributed by atoms with Crippen molar-refractivity contribution in [3.05, 3.63) is 35.9 Å². The Morgan fingerprint density at radius 1 is 0.556 bits per heavy atom. The monoisotopic (exact) mass is 1080 g/mol. The lowest BCUT2D eigenvalue weighted by Gasteiger charge is -2.28. The number of thiocarbonyl (C=S) groups is 1. The molecule has 0 heterocycles. The van der Waals surface area contributed by atoms with Gasteiger partial charge in [0.15, 0.2) is 0 Å². The van der Waals surface area contributed by atoms with Gasteiger partial charge in [0.25, 0.3) is 0 Å². The molecule has 416 valence electrons. The number of ether oxygens (including phenoxy) is 11. The van der Waals surface area contributed by atoms with Gasteiger partial charge in [-0.25, -0.2) is 0 Å². The average Bonchev–Trinajstić information content (AvgIpc) is 3.36. The van der Waals surface area contributed by atoms with Crippen molar-refractivity contribution >= 4 is 63.1 Å². The number of benzene rings is 1. The molecule has 72 heavy (non-hydrogen) atoms. The van der Waals surface area contributed by atoms with Gasteiger partial charge in [-0.1, -0.05) is 119 Å². The van der Waals surface area contributed by atoms with E-state index in [1.807, 2.05) is 6.07 Å². The van der Waals surface area contributed by atoms with Gasteiger partial charge < -0.3 is 62.3 Å². The zero-order chi connectivity index (χ0) is 52.8. The predicted octanol–water partition coefficient (Wildman–Crippen LogP) is 8.69. The summed E-state index contributed by atoms with van der Waals surface area (Å²) in [4.78, 5) is 52.4. The van der Waals surface area contributed by atoms with Crippen molar-refractivity contribution in [1.29, 1.82) is 0 Å². The van der Waals surface area contributed by atoms with E-state index in [4.69, 9.17) is 64.3 Å². The lowest BCUT2D eigenvalue weighted by Crippen LogP contribution is -2.35. The molecule has 0 saturated heterocycles. The van der Waals surface area contributed by atoms with Crippen LogP contribution in [0.4, 0.5) is 0 Å². The number of carbonyl (C=O) groups is 4. The Kier molecular flexibility index (Phi) is 44.1. The Balaban J connectivity index is 2.51. The SMILES string of the molecule is CCCCCCCCCCCCSC(=S)SC(CC(CC(CC(C)(C)C(=O)O)C(=O)OCCOCCOCCOCCOCCOCCOCCOCCOCCOC)C(=O)OCc1ccccc1)C(=O)O. The van der Waals surface area contributed by atoms with Crippen LogP contribution in [0.3, 0.4) is 0 Å². The third kappa shape index (κ3) is 39.0. The summed E-state index contributed by atoms with van der Waals surface area (Å²) >= 11 is 8.05. The molecule has 1 rings (SSSR count). The lowest BCUT2D eigenvalue weighted by atomic mass is 9.78. The molecule has 0 aliphatic heterocycles. The minimum Gasteiger partial charge on any atom is -0.481 e. The topological polar surface area (TPSA) is 210 Å². The van der Waals surface area contributed by atoms with Crippen LogP contribution >= 0.6 is 35.7 Å². The smallest absolute Gasteiger partial charge is 0.317 e. The first-order valence-electron chi connectivity index (χ1n) is 25.7. The quantitative estimate of drug-likeness (QED) is 0.0355. The van der Waals surface area contributed by atoms with E-state index < -0.39 is 46.4 Å². The van der Waals surface area contributed by atoms with Gasteiger partial charge in [0.1, 0.15) is 22.0 Å². The maximum Gasteiger partial charge on any atom is 0.317 e. The van der Waals surface area contributed by atoms with Crippen LogP contribution in [0.1, 0.15) is 110 Å². The standard InChI is InChI=1S/C52H88O17S3/c1-5-6-7-8-9-10-11-12-13-17-38-71-51(70)72-46(47(53)54)40-44(48(55)69-42-43-18-15-14-16-19-43)39-45(41-52(2,3)50(57)58)49(56)68-37-36-67-35-34-66-33-32-65-31-30-64-29-28-63-27-26-62-25-24-61-23-22-60-21-20-59-4/h14-16,18-19,44-46H,5-13,17,20-42H2,1-4H3,(H,53,54)(H,57,58). The fraction of sp³-hybridized carbons (Fsp3) is 0.788. The Morgan fingerprint density at radius 3 is 1.40 bits per heavy atom. The summed E-state index contributed by atoms with van der Waals surface area (Å²) in [6.07, 6.45) is 11.5. The van der Waals surface area contributed by atoms with Crippen molar-refractivity contribution in [2.45, 2.75) is 116 Å². The van der Waals surface area contributed by atoms with Crippen molar-refractivity contribution < 1.29 is 81.5 Å². The second-order valence-electron chi connectivity index (χ2n) is 17.6. The molecule has 3 unspecified atom stereocenters. The molecular weight excluding hydrogens is 993 g/mol. The number of aliphatic carboxylic acids is 2. The van der Waals surface area contributed by atoms with E-state index in [9.17, 15) is 29.4 Å². The maximum absolute atomic E-state index is 13.8. The van der Waals surface area contributed by atoms with Crippen LogP contribution in [0.15, 0.2) is 30.3 Å². The first-order chi connectivity index (χ1) is 34.9. The third-order valence-electron chi connectivity index (χ3n) is 11.0. The second kappa shape index (κ2) is 47.0. The summed E-state index contributed by atoms with van der Waals surface area (Å²) in [5.41, 5.74) is -0.641. The summed E-state index contributed by atoms with van der Waals surface area (Å²) < 4.78 is 60.5. The molecule has 1 aromatic carbocycles. The lowest BCUT2D eigenvalue weighted by molar-refractivity contribution is -0.157. The van der Waals surface area contributed by atoms with E-state index in [0.29, 0.717) is 96.0 Å². The minimum atomic E-state index is -1.37. The highest BCUT2D eigenvalue weighted by atomic mass is 32.2. The number of esters is 2. The van der Waals surface area contributed by atoms with E-state index in [1.54, 1.807) is 31.4 Å². The van der Waals surface area contributed by atoms with Gasteiger partial charge in [-0.2, -0.15) is 0 Å². The highest BCUT2D eigenvalue weighted by molar-refractivity contribution is 8.47. The van der Waals surface area contributed by atoms with Crippen LogP contribution in [-0.4, -0.2) is 175 Å².